The molecule has 7 nitrogen and oxygen atoms in total. The van der Waals surface area contributed by atoms with Gasteiger partial charge in [-0.2, -0.15) is 4.98 Å². The number of hydrogen-bond acceptors (Lipinski definition) is 6. The van der Waals surface area contributed by atoms with Gasteiger partial charge < -0.3 is 9.84 Å². The maximum absolute atomic E-state index is 13.0. The van der Waals surface area contributed by atoms with Gasteiger partial charge in [0, 0.05) is 29.0 Å². The first-order valence-corrected chi connectivity index (χ1v) is 8.18. The molecule has 8 heteroatoms. The maximum Gasteiger partial charge on any atom is 0.306 e. The van der Waals surface area contributed by atoms with E-state index in [-0.39, 0.29) is 12.0 Å². The lowest BCUT2D eigenvalue weighted by atomic mass is 9.90. The molecule has 1 unspecified atom stereocenters. The Kier molecular flexibility index (Phi) is 4.80. The molecule has 0 saturated carbocycles. The van der Waals surface area contributed by atoms with Crippen LogP contribution in [0.3, 0.4) is 0 Å². The summed E-state index contributed by atoms with van der Waals surface area (Å²) in [4.78, 5) is 32.9. The fourth-order valence-electron chi connectivity index (χ4n) is 2.64. The zero-order valence-corrected chi connectivity index (χ0v) is 14.8. The average Bonchev–Trinajstić information content (AvgIpc) is 2.62. The van der Waals surface area contributed by atoms with Gasteiger partial charge in [-0.1, -0.05) is 6.07 Å². The third-order valence-electron chi connectivity index (χ3n) is 3.84. The van der Waals surface area contributed by atoms with Crippen LogP contribution in [0.5, 0.6) is 5.88 Å². The van der Waals surface area contributed by atoms with Gasteiger partial charge >= 0.3 is 5.97 Å². The predicted molar refractivity (Wildman–Crippen MR) is 93.5 cm³/mol. The zero-order valence-electron chi connectivity index (χ0n) is 13.2. The fourth-order valence-corrected chi connectivity index (χ4v) is 2.98. The molecular weight excluding hydrogens is 390 g/mol. The number of carbonyl (C=O) groups is 1. The van der Waals surface area contributed by atoms with E-state index in [0.29, 0.717) is 15.7 Å². The number of methoxy groups -OCH3 is 1. The molecule has 3 aromatic rings. The van der Waals surface area contributed by atoms with Gasteiger partial charge in [0.25, 0.3) is 5.56 Å². The number of aromatic hydroxyl groups is 1. The Bertz CT molecular complexity index is 988. The molecule has 1 atom stereocenters. The average molecular weight is 404 g/mol. The molecule has 0 spiro atoms. The van der Waals surface area contributed by atoms with Crippen LogP contribution in [0.25, 0.3) is 5.65 Å². The minimum Gasteiger partial charge on any atom is -0.493 e. The van der Waals surface area contributed by atoms with Crippen LogP contribution in [0, 0.1) is 0 Å². The summed E-state index contributed by atoms with van der Waals surface area (Å²) in [5.41, 5.74) is 0.477. The number of fused-ring (bicyclic) bond motifs is 1. The van der Waals surface area contributed by atoms with Crippen molar-refractivity contribution in [3.8, 4) is 5.88 Å². The van der Waals surface area contributed by atoms with E-state index in [1.807, 2.05) is 0 Å². The van der Waals surface area contributed by atoms with Crippen LogP contribution in [0.2, 0.25) is 0 Å². The molecular formula is C17H14BrN3O4. The first-order chi connectivity index (χ1) is 12.0. The molecule has 3 heterocycles. The van der Waals surface area contributed by atoms with Crippen molar-refractivity contribution in [2.75, 3.05) is 7.11 Å². The number of pyridine rings is 2. The first-order valence-electron chi connectivity index (χ1n) is 7.38. The Morgan fingerprint density at radius 1 is 1.40 bits per heavy atom. The van der Waals surface area contributed by atoms with Gasteiger partial charge in [-0.05, 0) is 39.7 Å². The summed E-state index contributed by atoms with van der Waals surface area (Å²) >= 11 is 3.31. The summed E-state index contributed by atoms with van der Waals surface area (Å²) in [6.45, 7) is 0. The molecule has 0 aliphatic rings. The van der Waals surface area contributed by atoms with Crippen LogP contribution >= 0.6 is 15.9 Å². The molecule has 0 radical (unpaired) electrons. The number of halogens is 1. The topological polar surface area (TPSA) is 93.8 Å². The lowest BCUT2D eigenvalue weighted by molar-refractivity contribution is -0.140. The van der Waals surface area contributed by atoms with Crippen molar-refractivity contribution in [2.24, 2.45) is 0 Å². The second-order valence-electron chi connectivity index (χ2n) is 5.35. The van der Waals surface area contributed by atoms with E-state index in [0.717, 1.165) is 0 Å². The van der Waals surface area contributed by atoms with Gasteiger partial charge in [0.2, 0.25) is 5.88 Å². The van der Waals surface area contributed by atoms with E-state index in [4.69, 9.17) is 4.74 Å². The molecule has 3 rings (SSSR count). The minimum absolute atomic E-state index is 0.0222. The standard InChI is InChI=1S/C17H14BrN3O4/c1-25-14(22)7-12(10-3-2-6-19-8-10)15-16(23)20-13-5-4-11(18)9-21(13)17(15)24/h2-6,8-9,12,23H,7H2,1H3. The van der Waals surface area contributed by atoms with E-state index < -0.39 is 23.3 Å². The van der Waals surface area contributed by atoms with Gasteiger partial charge in [-0.25, -0.2) is 0 Å². The van der Waals surface area contributed by atoms with Crippen LogP contribution in [-0.4, -0.2) is 32.6 Å². The lowest BCUT2D eigenvalue weighted by Crippen LogP contribution is -2.24. The molecule has 3 aromatic heterocycles. The third kappa shape index (κ3) is 3.39. The van der Waals surface area contributed by atoms with Crippen LogP contribution in [0.15, 0.2) is 52.1 Å². The Labute approximate surface area is 151 Å². The molecule has 0 saturated heterocycles. The highest BCUT2D eigenvalue weighted by Crippen LogP contribution is 2.30. The van der Waals surface area contributed by atoms with Gasteiger partial charge in [0.15, 0.2) is 0 Å². The lowest BCUT2D eigenvalue weighted by Gasteiger charge is -2.17. The van der Waals surface area contributed by atoms with Crippen LogP contribution in [0.4, 0.5) is 0 Å². The number of rotatable bonds is 4. The number of carbonyl (C=O) groups excluding carboxylic acids is 1. The zero-order chi connectivity index (χ0) is 18.0. The van der Waals surface area contributed by atoms with Crippen molar-refractivity contribution in [1.29, 1.82) is 0 Å². The fraction of sp³-hybridized carbons (Fsp3) is 0.176. The normalized spacial score (nSPS) is 12.1. The second-order valence-corrected chi connectivity index (χ2v) is 6.26. The number of aromatic nitrogens is 3. The summed E-state index contributed by atoms with van der Waals surface area (Å²) in [5, 5.41) is 10.4. The Morgan fingerprint density at radius 3 is 2.88 bits per heavy atom. The summed E-state index contributed by atoms with van der Waals surface area (Å²) in [7, 11) is 1.27. The predicted octanol–water partition coefficient (Wildman–Crippen LogP) is 2.25. The Morgan fingerprint density at radius 2 is 2.20 bits per heavy atom. The Balaban J connectivity index is 2.25. The van der Waals surface area contributed by atoms with Crippen molar-refractivity contribution < 1.29 is 14.6 Å². The molecule has 0 bridgehead atoms. The van der Waals surface area contributed by atoms with Gasteiger partial charge in [0.1, 0.15) is 5.65 Å². The molecule has 128 valence electrons. The van der Waals surface area contributed by atoms with Crippen molar-refractivity contribution in [1.82, 2.24) is 14.4 Å². The van der Waals surface area contributed by atoms with E-state index in [1.165, 1.54) is 11.5 Å². The van der Waals surface area contributed by atoms with Gasteiger partial charge in [-0.15, -0.1) is 0 Å². The molecule has 0 aliphatic heterocycles. The third-order valence-corrected chi connectivity index (χ3v) is 4.30. The minimum atomic E-state index is -0.725. The number of ether oxygens (including phenoxy) is 1. The summed E-state index contributed by atoms with van der Waals surface area (Å²) in [6, 6.07) is 6.75. The first kappa shape index (κ1) is 17.1. The number of hydrogen-bond donors (Lipinski definition) is 1. The highest BCUT2D eigenvalue weighted by molar-refractivity contribution is 9.10. The van der Waals surface area contributed by atoms with E-state index in [1.54, 1.807) is 42.9 Å². The van der Waals surface area contributed by atoms with Crippen LogP contribution < -0.4 is 5.56 Å². The highest BCUT2D eigenvalue weighted by atomic mass is 79.9. The summed E-state index contributed by atoms with van der Waals surface area (Å²) in [5.74, 6) is -1.64. The van der Waals surface area contributed by atoms with Crippen molar-refractivity contribution >= 4 is 27.5 Å². The second kappa shape index (κ2) is 7.02. The monoisotopic (exact) mass is 403 g/mol. The van der Waals surface area contributed by atoms with Crippen LogP contribution in [0.1, 0.15) is 23.5 Å². The quantitative estimate of drug-likeness (QED) is 0.671. The maximum atomic E-state index is 13.0. The largest absolute Gasteiger partial charge is 0.493 e. The smallest absolute Gasteiger partial charge is 0.306 e. The van der Waals surface area contributed by atoms with E-state index >= 15 is 0 Å². The van der Waals surface area contributed by atoms with E-state index in [9.17, 15) is 14.7 Å². The summed E-state index contributed by atoms with van der Waals surface area (Å²) in [6.07, 6.45) is 4.57. The molecule has 1 N–H and O–H groups in total. The molecule has 0 amide bonds. The van der Waals surface area contributed by atoms with Crippen molar-refractivity contribution in [2.45, 2.75) is 12.3 Å². The van der Waals surface area contributed by atoms with Crippen LogP contribution in [-0.2, 0) is 9.53 Å². The summed E-state index contributed by atoms with van der Waals surface area (Å²) < 4.78 is 6.74. The Hall–Kier alpha value is -2.74. The van der Waals surface area contributed by atoms with Gasteiger partial charge in [-0.3, -0.25) is 19.0 Å². The van der Waals surface area contributed by atoms with Crippen molar-refractivity contribution in [3.05, 3.63) is 68.8 Å². The van der Waals surface area contributed by atoms with E-state index in [2.05, 4.69) is 25.9 Å². The molecule has 0 fully saturated rings. The number of esters is 1. The van der Waals surface area contributed by atoms with Gasteiger partial charge in [0.05, 0.1) is 19.1 Å². The SMILES string of the molecule is COC(=O)CC(c1cccnc1)c1c(O)nc2ccc(Br)cn2c1=O. The molecule has 25 heavy (non-hydrogen) atoms. The molecule has 0 aromatic carbocycles. The molecule has 0 aliphatic carbocycles. The number of nitrogens with zero attached hydrogens (tertiary/aromatic N) is 3. The van der Waals surface area contributed by atoms with Crippen molar-refractivity contribution in [3.63, 3.8) is 0 Å². The highest BCUT2D eigenvalue weighted by Gasteiger charge is 2.27.